The van der Waals surface area contributed by atoms with E-state index in [1.807, 2.05) is 0 Å². The number of rotatable bonds is 2. The molecule has 19 heavy (non-hydrogen) atoms. The third-order valence-corrected chi connectivity index (χ3v) is 2.97. The van der Waals surface area contributed by atoms with Crippen LogP contribution in [0.25, 0.3) is 0 Å². The van der Waals surface area contributed by atoms with Gasteiger partial charge in [0.1, 0.15) is 5.69 Å². The Morgan fingerprint density at radius 3 is 2.53 bits per heavy atom. The first-order valence-corrected chi connectivity index (χ1v) is 6.21. The Kier molecular flexibility index (Phi) is 4.14. The number of phenolic OH excluding ortho intramolecular Hbond substituents is 1. The molecule has 1 aromatic carbocycles. The first kappa shape index (κ1) is 13.9. The van der Waals surface area contributed by atoms with E-state index in [4.69, 9.17) is 34.8 Å². The maximum Gasteiger partial charge on any atom is 0.274 e. The third-order valence-electron chi connectivity index (χ3n) is 2.24. The fourth-order valence-corrected chi connectivity index (χ4v) is 1.96. The molecule has 2 N–H and O–H groups in total. The summed E-state index contributed by atoms with van der Waals surface area (Å²) in [6.07, 6.45) is 1.35. The normalized spacial score (nSPS) is 10.3. The van der Waals surface area contributed by atoms with Crippen molar-refractivity contribution in [1.29, 1.82) is 0 Å². The van der Waals surface area contributed by atoms with Crippen molar-refractivity contribution in [2.24, 2.45) is 0 Å². The van der Waals surface area contributed by atoms with Crippen molar-refractivity contribution in [3.8, 4) is 5.75 Å². The number of benzene rings is 1. The van der Waals surface area contributed by atoms with E-state index < -0.39 is 5.91 Å². The molecule has 4 nitrogen and oxygen atoms in total. The number of carbonyl (C=O) groups is 1. The maximum atomic E-state index is 11.9. The Morgan fingerprint density at radius 1 is 1.16 bits per heavy atom. The molecule has 0 saturated carbocycles. The summed E-state index contributed by atoms with van der Waals surface area (Å²) >= 11 is 17.2. The number of nitrogens with one attached hydrogen (secondary N) is 1. The molecular formula is C12H7Cl3N2O2. The average molecular weight is 318 g/mol. The van der Waals surface area contributed by atoms with E-state index >= 15 is 0 Å². The van der Waals surface area contributed by atoms with Gasteiger partial charge in [-0.15, -0.1) is 0 Å². The van der Waals surface area contributed by atoms with Gasteiger partial charge < -0.3 is 10.4 Å². The SMILES string of the molecule is O=C(Nc1cc(Cl)cc(Cl)c1O)c1ccc(Cl)cn1. The number of carbonyl (C=O) groups excluding carboxylic acids is 1. The lowest BCUT2D eigenvalue weighted by Gasteiger charge is -2.08. The van der Waals surface area contributed by atoms with Crippen LogP contribution in [0.3, 0.4) is 0 Å². The number of phenols is 1. The van der Waals surface area contributed by atoms with Gasteiger partial charge in [0.15, 0.2) is 5.75 Å². The molecular weight excluding hydrogens is 311 g/mol. The number of hydrogen-bond acceptors (Lipinski definition) is 3. The molecule has 0 atom stereocenters. The summed E-state index contributed by atoms with van der Waals surface area (Å²) in [5.74, 6) is -0.765. The lowest BCUT2D eigenvalue weighted by atomic mass is 10.2. The standard InChI is InChI=1S/C12H7Cl3N2O2/c13-6-1-2-9(16-5-6)12(19)17-10-4-7(14)3-8(15)11(10)18/h1-5,18H,(H,17,19). The van der Waals surface area contributed by atoms with Crippen molar-refractivity contribution in [1.82, 2.24) is 4.98 Å². The number of pyridine rings is 1. The minimum absolute atomic E-state index is 0.0480. The van der Waals surface area contributed by atoms with E-state index in [1.165, 1.54) is 30.5 Å². The van der Waals surface area contributed by atoms with Crippen molar-refractivity contribution < 1.29 is 9.90 Å². The number of aromatic nitrogens is 1. The van der Waals surface area contributed by atoms with E-state index in [1.54, 1.807) is 0 Å². The summed E-state index contributed by atoms with van der Waals surface area (Å²) in [5, 5.41) is 12.9. The molecule has 98 valence electrons. The van der Waals surface area contributed by atoms with Gasteiger partial charge in [-0.2, -0.15) is 0 Å². The number of hydrogen-bond donors (Lipinski definition) is 2. The first-order chi connectivity index (χ1) is 8.97. The molecule has 1 heterocycles. The Bertz CT molecular complexity index is 630. The molecule has 2 rings (SSSR count). The van der Waals surface area contributed by atoms with E-state index in [0.29, 0.717) is 10.0 Å². The number of anilines is 1. The van der Waals surface area contributed by atoms with Crippen molar-refractivity contribution in [3.63, 3.8) is 0 Å². The molecule has 0 spiro atoms. The molecule has 0 radical (unpaired) electrons. The molecule has 1 amide bonds. The Hall–Kier alpha value is -1.49. The quantitative estimate of drug-likeness (QED) is 0.823. The van der Waals surface area contributed by atoms with Crippen LogP contribution in [-0.2, 0) is 0 Å². The largest absolute Gasteiger partial charge is 0.504 e. The molecule has 0 aliphatic rings. The van der Waals surface area contributed by atoms with Crippen LogP contribution in [0.2, 0.25) is 15.1 Å². The summed E-state index contributed by atoms with van der Waals surface area (Å²) < 4.78 is 0. The average Bonchev–Trinajstić information content (AvgIpc) is 2.36. The first-order valence-electron chi connectivity index (χ1n) is 5.08. The Morgan fingerprint density at radius 2 is 1.89 bits per heavy atom. The van der Waals surface area contributed by atoms with Crippen LogP contribution in [0, 0.1) is 0 Å². The van der Waals surface area contributed by atoms with Crippen molar-refractivity contribution >= 4 is 46.4 Å². The molecule has 1 aromatic heterocycles. The van der Waals surface area contributed by atoms with E-state index in [-0.39, 0.29) is 22.2 Å². The predicted octanol–water partition coefficient (Wildman–Crippen LogP) is 4.00. The van der Waals surface area contributed by atoms with Crippen molar-refractivity contribution in [2.75, 3.05) is 5.32 Å². The predicted molar refractivity (Wildman–Crippen MR) is 75.3 cm³/mol. The van der Waals surface area contributed by atoms with Gasteiger partial charge in [0.2, 0.25) is 0 Å². The van der Waals surface area contributed by atoms with Crippen molar-refractivity contribution in [3.05, 3.63) is 51.2 Å². The zero-order chi connectivity index (χ0) is 14.0. The second-order valence-electron chi connectivity index (χ2n) is 3.60. The highest BCUT2D eigenvalue weighted by Gasteiger charge is 2.13. The summed E-state index contributed by atoms with van der Waals surface area (Å²) in [6, 6.07) is 5.75. The summed E-state index contributed by atoms with van der Waals surface area (Å²) in [5.41, 5.74) is 0.263. The van der Waals surface area contributed by atoms with Gasteiger partial charge in [0, 0.05) is 11.2 Å². The Labute approximate surface area is 123 Å². The molecule has 0 aliphatic heterocycles. The van der Waals surface area contributed by atoms with E-state index in [0.717, 1.165) is 0 Å². The van der Waals surface area contributed by atoms with Crippen LogP contribution < -0.4 is 5.32 Å². The number of halogens is 3. The van der Waals surface area contributed by atoms with Gasteiger partial charge in [-0.1, -0.05) is 34.8 Å². The van der Waals surface area contributed by atoms with Crippen LogP contribution in [0.15, 0.2) is 30.5 Å². The lowest BCUT2D eigenvalue weighted by molar-refractivity contribution is 0.102. The lowest BCUT2D eigenvalue weighted by Crippen LogP contribution is -2.13. The van der Waals surface area contributed by atoms with Gasteiger partial charge in [0.05, 0.1) is 15.7 Å². The zero-order valence-electron chi connectivity index (χ0n) is 9.32. The van der Waals surface area contributed by atoms with Crippen LogP contribution in [0.1, 0.15) is 10.5 Å². The van der Waals surface area contributed by atoms with Gasteiger partial charge >= 0.3 is 0 Å². The van der Waals surface area contributed by atoms with Gasteiger partial charge in [-0.3, -0.25) is 4.79 Å². The third kappa shape index (κ3) is 3.29. The fourth-order valence-electron chi connectivity index (χ4n) is 1.36. The van der Waals surface area contributed by atoms with E-state index in [9.17, 15) is 9.90 Å². The van der Waals surface area contributed by atoms with Gasteiger partial charge in [-0.25, -0.2) is 4.98 Å². The minimum atomic E-state index is -0.509. The molecule has 2 aromatic rings. The topological polar surface area (TPSA) is 62.2 Å². The Balaban J connectivity index is 2.26. The number of nitrogens with zero attached hydrogens (tertiary/aromatic N) is 1. The number of aromatic hydroxyl groups is 1. The molecule has 0 unspecified atom stereocenters. The zero-order valence-corrected chi connectivity index (χ0v) is 11.6. The van der Waals surface area contributed by atoms with Gasteiger partial charge in [-0.05, 0) is 24.3 Å². The second-order valence-corrected chi connectivity index (χ2v) is 4.88. The number of amides is 1. The van der Waals surface area contributed by atoms with Crippen molar-refractivity contribution in [2.45, 2.75) is 0 Å². The van der Waals surface area contributed by atoms with Crippen LogP contribution in [0.4, 0.5) is 5.69 Å². The highest BCUT2D eigenvalue weighted by molar-refractivity contribution is 6.36. The monoisotopic (exact) mass is 316 g/mol. The van der Waals surface area contributed by atoms with E-state index in [2.05, 4.69) is 10.3 Å². The fraction of sp³-hybridized carbons (Fsp3) is 0. The highest BCUT2D eigenvalue weighted by atomic mass is 35.5. The summed E-state index contributed by atoms with van der Waals surface area (Å²) in [4.78, 5) is 15.7. The van der Waals surface area contributed by atoms with Crippen LogP contribution in [-0.4, -0.2) is 16.0 Å². The molecule has 0 aliphatic carbocycles. The molecule has 0 bridgehead atoms. The maximum absolute atomic E-state index is 11.9. The summed E-state index contributed by atoms with van der Waals surface area (Å²) in [7, 11) is 0. The van der Waals surface area contributed by atoms with Crippen LogP contribution in [0.5, 0.6) is 5.75 Å². The summed E-state index contributed by atoms with van der Waals surface area (Å²) in [6.45, 7) is 0. The minimum Gasteiger partial charge on any atom is -0.504 e. The molecule has 0 saturated heterocycles. The second kappa shape index (κ2) is 5.65. The highest BCUT2D eigenvalue weighted by Crippen LogP contribution is 2.35. The van der Waals surface area contributed by atoms with Gasteiger partial charge in [0.25, 0.3) is 5.91 Å². The smallest absolute Gasteiger partial charge is 0.274 e. The van der Waals surface area contributed by atoms with Crippen LogP contribution >= 0.6 is 34.8 Å². The molecule has 0 fully saturated rings. The molecule has 7 heteroatoms.